The number of rotatable bonds is 6. The van der Waals surface area contributed by atoms with Crippen molar-refractivity contribution in [3.63, 3.8) is 0 Å². The quantitative estimate of drug-likeness (QED) is 0.274. The van der Waals surface area contributed by atoms with E-state index in [1.54, 1.807) is 0 Å². The molecule has 0 fully saturated rings. The van der Waals surface area contributed by atoms with Gasteiger partial charge in [0.05, 0.1) is 17.8 Å². The molecule has 1 aliphatic rings. The monoisotopic (exact) mass is 525 g/mol. The number of benzene rings is 3. The summed E-state index contributed by atoms with van der Waals surface area (Å²) >= 11 is 0. The zero-order chi connectivity index (χ0) is 27.5. The zero-order valence-corrected chi connectivity index (χ0v) is 22.8. The standard InChI is InChI=1S/C34H31N5O/c1-23-10-12-24(13-11-23)6-5-7-25-14-16-26(17-15-25)34(40)39-19-18-29-31(22-39)37-32(38-33(29)35-2)28-20-27-8-3-4-9-30(27)36-21-28/h3-6,8-17,20-21H,7,18-19,22H2,1-2H3,(H,35,37,38)/b6-5+. The molecule has 0 atom stereocenters. The van der Waals surface area contributed by atoms with Crippen molar-refractivity contribution >= 4 is 28.7 Å². The number of aryl methyl sites for hydroxylation is 1. The van der Waals surface area contributed by atoms with E-state index in [0.717, 1.165) is 40.0 Å². The first kappa shape index (κ1) is 25.4. The topological polar surface area (TPSA) is 71.0 Å². The van der Waals surface area contributed by atoms with Crippen molar-refractivity contribution in [2.75, 3.05) is 18.9 Å². The molecular formula is C34H31N5O. The molecule has 6 nitrogen and oxygen atoms in total. The summed E-state index contributed by atoms with van der Waals surface area (Å²) in [5, 5.41) is 4.27. The lowest BCUT2D eigenvalue weighted by Gasteiger charge is -2.29. The summed E-state index contributed by atoms with van der Waals surface area (Å²) in [5.74, 6) is 1.44. The Morgan fingerprint density at radius 3 is 2.60 bits per heavy atom. The van der Waals surface area contributed by atoms with Gasteiger partial charge in [0.2, 0.25) is 0 Å². The van der Waals surface area contributed by atoms with E-state index in [0.29, 0.717) is 30.9 Å². The highest BCUT2D eigenvalue weighted by Gasteiger charge is 2.26. The normalized spacial score (nSPS) is 13.0. The number of anilines is 1. The predicted octanol–water partition coefficient (Wildman–Crippen LogP) is 6.50. The lowest BCUT2D eigenvalue weighted by molar-refractivity contribution is 0.0732. The Morgan fingerprint density at radius 2 is 1.80 bits per heavy atom. The fourth-order valence-electron chi connectivity index (χ4n) is 5.11. The molecular weight excluding hydrogens is 494 g/mol. The Morgan fingerprint density at radius 1 is 1.00 bits per heavy atom. The molecule has 3 heterocycles. The number of hydrogen-bond acceptors (Lipinski definition) is 5. The van der Waals surface area contributed by atoms with E-state index in [-0.39, 0.29) is 5.91 Å². The fraction of sp³-hybridized carbons (Fsp3) is 0.176. The van der Waals surface area contributed by atoms with Gasteiger partial charge in [-0.2, -0.15) is 0 Å². The number of para-hydroxylation sites is 1. The third-order valence-electron chi connectivity index (χ3n) is 7.38. The SMILES string of the molecule is CNc1nc(-c2cnc3ccccc3c2)nc2c1CCN(C(=O)c1ccc(C/C=C/c3ccc(C)cc3)cc1)C2. The van der Waals surface area contributed by atoms with E-state index in [9.17, 15) is 4.79 Å². The third kappa shape index (κ3) is 5.34. The Kier molecular flexibility index (Phi) is 7.06. The molecule has 0 bridgehead atoms. The van der Waals surface area contributed by atoms with Crippen LogP contribution in [0.4, 0.5) is 5.82 Å². The van der Waals surface area contributed by atoms with Crippen LogP contribution in [-0.2, 0) is 19.4 Å². The molecule has 1 aliphatic heterocycles. The summed E-state index contributed by atoms with van der Waals surface area (Å²) in [4.78, 5) is 29.6. The van der Waals surface area contributed by atoms with Crippen LogP contribution in [0.5, 0.6) is 0 Å². The van der Waals surface area contributed by atoms with Crippen LogP contribution in [0.2, 0.25) is 0 Å². The highest BCUT2D eigenvalue weighted by molar-refractivity contribution is 5.94. The van der Waals surface area contributed by atoms with Gasteiger partial charge in [0, 0.05) is 41.9 Å². The average Bonchev–Trinajstić information content (AvgIpc) is 3.01. The van der Waals surface area contributed by atoms with Gasteiger partial charge in [0.1, 0.15) is 5.82 Å². The van der Waals surface area contributed by atoms with Crippen LogP contribution in [-0.4, -0.2) is 39.4 Å². The smallest absolute Gasteiger partial charge is 0.254 e. The minimum Gasteiger partial charge on any atom is -0.373 e. The minimum absolute atomic E-state index is 0.0194. The summed E-state index contributed by atoms with van der Waals surface area (Å²) < 4.78 is 0. The maximum Gasteiger partial charge on any atom is 0.254 e. The van der Waals surface area contributed by atoms with E-state index in [2.05, 4.69) is 59.7 Å². The average molecular weight is 526 g/mol. The van der Waals surface area contributed by atoms with Gasteiger partial charge in [-0.1, -0.05) is 72.3 Å². The van der Waals surface area contributed by atoms with Crippen LogP contribution < -0.4 is 5.32 Å². The van der Waals surface area contributed by atoms with Crippen molar-refractivity contribution in [3.05, 3.63) is 125 Å². The van der Waals surface area contributed by atoms with Gasteiger partial charge >= 0.3 is 0 Å². The van der Waals surface area contributed by atoms with Crippen molar-refractivity contribution in [2.24, 2.45) is 0 Å². The molecule has 40 heavy (non-hydrogen) atoms. The molecule has 0 radical (unpaired) electrons. The van der Waals surface area contributed by atoms with Gasteiger partial charge in [-0.25, -0.2) is 9.97 Å². The molecule has 0 saturated heterocycles. The van der Waals surface area contributed by atoms with Gasteiger partial charge in [0.25, 0.3) is 5.91 Å². The number of amides is 1. The molecule has 1 N–H and O–H groups in total. The van der Waals surface area contributed by atoms with Gasteiger partial charge in [-0.3, -0.25) is 9.78 Å². The number of allylic oxidation sites excluding steroid dienone is 1. The second-order valence-electron chi connectivity index (χ2n) is 10.2. The molecule has 5 aromatic rings. The van der Waals surface area contributed by atoms with E-state index >= 15 is 0 Å². The first-order valence-electron chi connectivity index (χ1n) is 13.6. The van der Waals surface area contributed by atoms with Crippen molar-refractivity contribution in [3.8, 4) is 11.4 Å². The molecule has 1 amide bonds. The molecule has 0 saturated carbocycles. The van der Waals surface area contributed by atoms with E-state index in [1.165, 1.54) is 16.7 Å². The van der Waals surface area contributed by atoms with Gasteiger partial charge in [-0.15, -0.1) is 0 Å². The van der Waals surface area contributed by atoms with Crippen molar-refractivity contribution in [1.82, 2.24) is 19.9 Å². The fourth-order valence-corrected chi connectivity index (χ4v) is 5.11. The Labute approximate surface area is 234 Å². The van der Waals surface area contributed by atoms with Crippen molar-refractivity contribution in [1.29, 1.82) is 0 Å². The van der Waals surface area contributed by atoms with Crippen LogP contribution in [0, 0.1) is 6.92 Å². The second kappa shape index (κ2) is 11.1. The molecule has 6 heteroatoms. The lowest BCUT2D eigenvalue weighted by Crippen LogP contribution is -2.37. The van der Waals surface area contributed by atoms with Crippen LogP contribution in [0.1, 0.15) is 38.3 Å². The first-order valence-corrected chi connectivity index (χ1v) is 13.6. The van der Waals surface area contributed by atoms with E-state index in [1.807, 2.05) is 66.7 Å². The van der Waals surface area contributed by atoms with Crippen LogP contribution >= 0.6 is 0 Å². The van der Waals surface area contributed by atoms with Gasteiger partial charge in [0.15, 0.2) is 5.82 Å². The molecule has 2 aromatic heterocycles. The number of aromatic nitrogens is 3. The minimum atomic E-state index is 0.0194. The van der Waals surface area contributed by atoms with Crippen molar-refractivity contribution in [2.45, 2.75) is 26.3 Å². The van der Waals surface area contributed by atoms with Gasteiger partial charge < -0.3 is 10.2 Å². The van der Waals surface area contributed by atoms with Crippen molar-refractivity contribution < 1.29 is 4.79 Å². The number of pyridine rings is 1. The highest BCUT2D eigenvalue weighted by atomic mass is 16.2. The Hall–Kier alpha value is -4.84. The number of fused-ring (bicyclic) bond motifs is 2. The summed E-state index contributed by atoms with van der Waals surface area (Å²) in [6.07, 6.45) is 7.62. The van der Waals surface area contributed by atoms with Crippen LogP contribution in [0.3, 0.4) is 0 Å². The maximum absolute atomic E-state index is 13.4. The third-order valence-corrected chi connectivity index (χ3v) is 7.38. The number of hydrogen-bond donors (Lipinski definition) is 1. The Bertz CT molecular complexity index is 1710. The maximum atomic E-state index is 13.4. The molecule has 0 unspecified atom stereocenters. The number of carbonyl (C=O) groups is 1. The number of nitrogens with one attached hydrogen (secondary N) is 1. The Balaban J connectivity index is 1.18. The van der Waals surface area contributed by atoms with Crippen LogP contribution in [0.15, 0.2) is 91.1 Å². The van der Waals surface area contributed by atoms with Gasteiger partial charge in [-0.05, 0) is 55.2 Å². The zero-order valence-electron chi connectivity index (χ0n) is 22.8. The number of nitrogens with zero attached hydrogens (tertiary/aromatic N) is 4. The van der Waals surface area contributed by atoms with E-state index in [4.69, 9.17) is 9.97 Å². The van der Waals surface area contributed by atoms with Crippen LogP contribution in [0.25, 0.3) is 28.4 Å². The highest BCUT2D eigenvalue weighted by Crippen LogP contribution is 2.28. The second-order valence-corrected chi connectivity index (χ2v) is 10.2. The van der Waals surface area contributed by atoms with E-state index < -0.39 is 0 Å². The molecule has 198 valence electrons. The molecule has 3 aromatic carbocycles. The molecule has 0 spiro atoms. The summed E-state index contributed by atoms with van der Waals surface area (Å²) in [5.41, 5.74) is 8.04. The molecule has 6 rings (SSSR count). The lowest BCUT2D eigenvalue weighted by atomic mass is 10.0. The largest absolute Gasteiger partial charge is 0.373 e. The summed E-state index contributed by atoms with van der Waals surface area (Å²) in [7, 11) is 1.88. The summed E-state index contributed by atoms with van der Waals surface area (Å²) in [6, 6.07) is 26.5. The first-order chi connectivity index (χ1) is 19.6. The number of carbonyl (C=O) groups excluding carboxylic acids is 1. The predicted molar refractivity (Wildman–Crippen MR) is 161 cm³/mol. The summed E-state index contributed by atoms with van der Waals surface area (Å²) in [6.45, 7) is 3.16. The molecule has 0 aliphatic carbocycles.